The maximum atomic E-state index is 12.8. The highest BCUT2D eigenvalue weighted by Crippen LogP contribution is 2.26. The Balaban J connectivity index is 1.66. The summed E-state index contributed by atoms with van der Waals surface area (Å²) in [7, 11) is 0. The average molecular weight is 327 g/mol. The number of hydrogen-bond donors (Lipinski definition) is 0. The summed E-state index contributed by atoms with van der Waals surface area (Å²) in [5, 5.41) is 11.5. The number of aromatic nitrogens is 4. The van der Waals surface area contributed by atoms with Crippen LogP contribution in [-0.4, -0.2) is 57.1 Å². The van der Waals surface area contributed by atoms with Crippen molar-refractivity contribution in [1.29, 1.82) is 0 Å². The first-order valence-corrected chi connectivity index (χ1v) is 7.22. The number of hydrogen-bond acceptors (Lipinski definition) is 5. The Bertz CT molecular complexity index is 631. The van der Waals surface area contributed by atoms with Crippen molar-refractivity contribution in [3.05, 3.63) is 41.7 Å². The molecule has 0 amide bonds. The highest BCUT2D eigenvalue weighted by Gasteiger charge is 2.43. The van der Waals surface area contributed by atoms with Crippen LogP contribution < -0.4 is 0 Å². The van der Waals surface area contributed by atoms with Crippen molar-refractivity contribution >= 4 is 0 Å². The van der Waals surface area contributed by atoms with Gasteiger partial charge < -0.3 is 4.74 Å². The quantitative estimate of drug-likeness (QED) is 0.851. The van der Waals surface area contributed by atoms with Crippen LogP contribution >= 0.6 is 0 Å². The van der Waals surface area contributed by atoms with Crippen LogP contribution in [0.3, 0.4) is 0 Å². The lowest BCUT2D eigenvalue weighted by Gasteiger charge is -2.33. The van der Waals surface area contributed by atoms with Crippen LogP contribution in [-0.2, 0) is 17.8 Å². The first kappa shape index (κ1) is 15.9. The second kappa shape index (κ2) is 6.63. The number of morpholine rings is 1. The van der Waals surface area contributed by atoms with Crippen LogP contribution in [0.2, 0.25) is 0 Å². The van der Waals surface area contributed by atoms with Gasteiger partial charge in [-0.3, -0.25) is 4.90 Å². The van der Waals surface area contributed by atoms with Gasteiger partial charge in [0, 0.05) is 13.1 Å². The van der Waals surface area contributed by atoms with Gasteiger partial charge in [0.05, 0.1) is 19.7 Å². The van der Waals surface area contributed by atoms with E-state index in [2.05, 4.69) is 15.5 Å². The van der Waals surface area contributed by atoms with Gasteiger partial charge in [0.25, 0.3) is 0 Å². The largest absolute Gasteiger partial charge is 0.415 e. The standard InChI is InChI=1S/C14H16F3N5O/c15-14(16,17)12-9-21(6-7-23-12)10-13-18-19-20-22(13)8-11-4-2-1-3-5-11/h1-5,12H,6-10H2/t12-/m0/s1. The summed E-state index contributed by atoms with van der Waals surface area (Å²) in [4.78, 5) is 1.66. The number of rotatable bonds is 4. The number of tetrazole rings is 1. The van der Waals surface area contributed by atoms with Crippen molar-refractivity contribution in [1.82, 2.24) is 25.1 Å². The zero-order valence-corrected chi connectivity index (χ0v) is 12.3. The third kappa shape index (κ3) is 4.05. The summed E-state index contributed by atoms with van der Waals surface area (Å²) in [6, 6.07) is 9.62. The van der Waals surface area contributed by atoms with Crippen LogP contribution in [0, 0.1) is 0 Å². The molecule has 23 heavy (non-hydrogen) atoms. The van der Waals surface area contributed by atoms with E-state index < -0.39 is 12.3 Å². The Morgan fingerprint density at radius 3 is 2.70 bits per heavy atom. The lowest BCUT2D eigenvalue weighted by molar-refractivity contribution is -0.237. The van der Waals surface area contributed by atoms with Gasteiger partial charge in [-0.1, -0.05) is 30.3 Å². The molecule has 0 spiro atoms. The SMILES string of the molecule is FC(F)(F)[C@@H]1CN(Cc2nnnn2Cc2ccccc2)CCO1. The van der Waals surface area contributed by atoms with Crippen molar-refractivity contribution in [2.75, 3.05) is 19.7 Å². The molecule has 1 atom stereocenters. The molecule has 1 aliphatic heterocycles. The highest BCUT2D eigenvalue weighted by atomic mass is 19.4. The fourth-order valence-corrected chi connectivity index (χ4v) is 2.46. The second-order valence-corrected chi connectivity index (χ2v) is 5.37. The van der Waals surface area contributed by atoms with E-state index in [1.165, 1.54) is 0 Å². The van der Waals surface area contributed by atoms with E-state index in [1.807, 2.05) is 30.3 Å². The monoisotopic (exact) mass is 327 g/mol. The number of benzene rings is 1. The van der Waals surface area contributed by atoms with Crippen molar-refractivity contribution in [3.63, 3.8) is 0 Å². The summed E-state index contributed by atoms with van der Waals surface area (Å²) in [6.45, 7) is 1.00. The smallest absolute Gasteiger partial charge is 0.366 e. The Kier molecular flexibility index (Phi) is 4.58. The summed E-state index contributed by atoms with van der Waals surface area (Å²) < 4.78 is 44.7. The van der Waals surface area contributed by atoms with E-state index in [1.54, 1.807) is 9.58 Å². The molecule has 0 radical (unpaired) electrons. The average Bonchev–Trinajstić information content (AvgIpc) is 2.95. The molecule has 1 saturated heterocycles. The first-order valence-electron chi connectivity index (χ1n) is 7.22. The minimum absolute atomic E-state index is 0.0461. The van der Waals surface area contributed by atoms with Crippen molar-refractivity contribution < 1.29 is 17.9 Å². The van der Waals surface area contributed by atoms with E-state index in [9.17, 15) is 13.2 Å². The normalized spacial score (nSPS) is 19.9. The number of alkyl halides is 3. The zero-order valence-electron chi connectivity index (χ0n) is 12.3. The Morgan fingerprint density at radius 1 is 1.17 bits per heavy atom. The van der Waals surface area contributed by atoms with Crippen molar-refractivity contribution in [2.45, 2.75) is 25.4 Å². The molecule has 1 fully saturated rings. The first-order chi connectivity index (χ1) is 11.0. The summed E-state index contributed by atoms with van der Waals surface area (Å²) >= 11 is 0. The summed E-state index contributed by atoms with van der Waals surface area (Å²) in [5.74, 6) is 0.539. The second-order valence-electron chi connectivity index (χ2n) is 5.37. The van der Waals surface area contributed by atoms with E-state index in [0.717, 1.165) is 5.56 Å². The lowest BCUT2D eigenvalue weighted by atomic mass is 10.2. The molecule has 2 aromatic rings. The van der Waals surface area contributed by atoms with Crippen LogP contribution in [0.25, 0.3) is 0 Å². The molecule has 0 N–H and O–H groups in total. The highest BCUT2D eigenvalue weighted by molar-refractivity contribution is 5.14. The molecule has 0 unspecified atom stereocenters. The maximum Gasteiger partial charge on any atom is 0.415 e. The van der Waals surface area contributed by atoms with Crippen LogP contribution in [0.4, 0.5) is 13.2 Å². The fraction of sp³-hybridized carbons (Fsp3) is 0.500. The Hall–Kier alpha value is -2.00. The molecule has 124 valence electrons. The zero-order chi connectivity index (χ0) is 16.3. The van der Waals surface area contributed by atoms with Gasteiger partial charge >= 0.3 is 6.18 Å². The summed E-state index contributed by atoms with van der Waals surface area (Å²) in [5.41, 5.74) is 1.02. The van der Waals surface area contributed by atoms with Crippen molar-refractivity contribution in [2.24, 2.45) is 0 Å². The number of nitrogens with zero attached hydrogens (tertiary/aromatic N) is 5. The van der Waals surface area contributed by atoms with Gasteiger partial charge in [-0.25, -0.2) is 4.68 Å². The van der Waals surface area contributed by atoms with Gasteiger partial charge in [-0.15, -0.1) is 5.10 Å². The molecule has 0 saturated carbocycles. The molecule has 0 bridgehead atoms. The number of ether oxygens (including phenoxy) is 1. The maximum absolute atomic E-state index is 12.8. The third-order valence-electron chi connectivity index (χ3n) is 3.66. The minimum Gasteiger partial charge on any atom is -0.366 e. The molecule has 1 aromatic heterocycles. The molecular formula is C14H16F3N5O. The van der Waals surface area contributed by atoms with Crippen LogP contribution in [0.1, 0.15) is 11.4 Å². The number of halogens is 3. The molecule has 9 heteroatoms. The molecule has 3 rings (SSSR count). The Morgan fingerprint density at radius 2 is 1.96 bits per heavy atom. The van der Waals surface area contributed by atoms with Crippen LogP contribution in [0.5, 0.6) is 0 Å². The predicted molar refractivity (Wildman–Crippen MR) is 74.4 cm³/mol. The van der Waals surface area contributed by atoms with E-state index in [-0.39, 0.29) is 19.7 Å². The fourth-order valence-electron chi connectivity index (χ4n) is 2.46. The lowest BCUT2D eigenvalue weighted by Crippen LogP contribution is -2.48. The van der Waals surface area contributed by atoms with Gasteiger partial charge in [0.2, 0.25) is 0 Å². The van der Waals surface area contributed by atoms with Crippen LogP contribution in [0.15, 0.2) is 30.3 Å². The Labute approximate surface area is 130 Å². The molecular weight excluding hydrogens is 311 g/mol. The van der Waals surface area contributed by atoms with E-state index >= 15 is 0 Å². The molecule has 0 aliphatic carbocycles. The van der Waals surface area contributed by atoms with E-state index in [4.69, 9.17) is 4.74 Å². The minimum atomic E-state index is -4.35. The van der Waals surface area contributed by atoms with Gasteiger partial charge in [0.15, 0.2) is 11.9 Å². The molecule has 6 nitrogen and oxygen atoms in total. The topological polar surface area (TPSA) is 56.1 Å². The van der Waals surface area contributed by atoms with Gasteiger partial charge in [0.1, 0.15) is 0 Å². The van der Waals surface area contributed by atoms with Crippen molar-refractivity contribution in [3.8, 4) is 0 Å². The van der Waals surface area contributed by atoms with Gasteiger partial charge in [-0.2, -0.15) is 13.2 Å². The van der Waals surface area contributed by atoms with E-state index in [0.29, 0.717) is 18.9 Å². The molecule has 1 aliphatic rings. The third-order valence-corrected chi connectivity index (χ3v) is 3.66. The predicted octanol–water partition coefficient (Wildman–Crippen LogP) is 1.48. The summed E-state index contributed by atoms with van der Waals surface area (Å²) in [6.07, 6.45) is -6.11. The van der Waals surface area contributed by atoms with Gasteiger partial charge in [-0.05, 0) is 16.0 Å². The molecule has 2 heterocycles. The molecule has 1 aromatic carbocycles.